The highest BCUT2D eigenvalue weighted by molar-refractivity contribution is 9.10. The third-order valence-electron chi connectivity index (χ3n) is 3.13. The maximum Gasteiger partial charge on any atom is 0.251 e. The molecule has 2 aromatic carbocycles. The number of aromatic nitrogens is 3. The molecule has 0 spiro atoms. The van der Waals surface area contributed by atoms with Crippen LogP contribution in [0.2, 0.25) is 0 Å². The van der Waals surface area contributed by atoms with E-state index < -0.39 is 0 Å². The summed E-state index contributed by atoms with van der Waals surface area (Å²) in [4.78, 5) is 6.39. The van der Waals surface area contributed by atoms with E-state index in [1.165, 1.54) is 0 Å². The van der Waals surface area contributed by atoms with Crippen molar-refractivity contribution in [1.29, 1.82) is 0 Å². The van der Waals surface area contributed by atoms with E-state index in [1.54, 1.807) is 6.20 Å². The van der Waals surface area contributed by atoms with Crippen molar-refractivity contribution in [2.45, 2.75) is 0 Å². The molecular formula is C16H14BrN5. The van der Waals surface area contributed by atoms with Crippen LogP contribution in [0.15, 0.2) is 65.3 Å². The van der Waals surface area contributed by atoms with Gasteiger partial charge in [0.15, 0.2) is 5.82 Å². The van der Waals surface area contributed by atoms with Crippen LogP contribution in [0, 0.1) is 0 Å². The molecule has 0 saturated carbocycles. The highest BCUT2D eigenvalue weighted by atomic mass is 79.9. The predicted molar refractivity (Wildman–Crippen MR) is 91.8 cm³/mol. The van der Waals surface area contributed by atoms with E-state index in [2.05, 4.69) is 36.4 Å². The lowest BCUT2D eigenvalue weighted by molar-refractivity contribution is 0.932. The Morgan fingerprint density at radius 3 is 2.50 bits per heavy atom. The van der Waals surface area contributed by atoms with E-state index in [0.717, 1.165) is 15.8 Å². The van der Waals surface area contributed by atoms with Gasteiger partial charge in [-0.2, -0.15) is 10.1 Å². The molecule has 0 unspecified atom stereocenters. The molecule has 3 rings (SSSR count). The number of nitrogens with one attached hydrogen (secondary N) is 1. The van der Waals surface area contributed by atoms with E-state index in [-0.39, 0.29) is 0 Å². The molecule has 1 heterocycles. The maximum atomic E-state index is 4.51. The lowest BCUT2D eigenvalue weighted by Gasteiger charge is -2.17. The average Bonchev–Trinajstić information content (AvgIpc) is 2.57. The zero-order valence-electron chi connectivity index (χ0n) is 11.9. The minimum absolute atomic E-state index is 0.531. The number of hydrogen-bond donors (Lipinski definition) is 1. The molecule has 0 fully saturated rings. The van der Waals surface area contributed by atoms with Gasteiger partial charge in [0.05, 0.1) is 11.9 Å². The number of anilines is 4. The second-order valence-electron chi connectivity index (χ2n) is 4.64. The van der Waals surface area contributed by atoms with Crippen molar-refractivity contribution < 1.29 is 0 Å². The molecule has 0 amide bonds. The molecule has 0 radical (unpaired) electrons. The van der Waals surface area contributed by atoms with Gasteiger partial charge in [0.2, 0.25) is 0 Å². The number of nitrogens with zero attached hydrogens (tertiary/aromatic N) is 4. The third-order valence-corrected chi connectivity index (χ3v) is 3.82. The molecule has 110 valence electrons. The van der Waals surface area contributed by atoms with Crippen molar-refractivity contribution in [2.24, 2.45) is 0 Å². The number of benzene rings is 2. The van der Waals surface area contributed by atoms with E-state index in [9.17, 15) is 0 Å². The summed E-state index contributed by atoms with van der Waals surface area (Å²) in [6.07, 6.45) is 1.60. The average molecular weight is 356 g/mol. The van der Waals surface area contributed by atoms with Gasteiger partial charge in [-0.05, 0) is 40.2 Å². The normalized spacial score (nSPS) is 10.3. The Hall–Kier alpha value is -2.47. The van der Waals surface area contributed by atoms with Crippen molar-refractivity contribution in [1.82, 2.24) is 15.2 Å². The first kappa shape index (κ1) is 14.5. The molecule has 6 heteroatoms. The summed E-state index contributed by atoms with van der Waals surface area (Å²) < 4.78 is 0.964. The summed E-state index contributed by atoms with van der Waals surface area (Å²) in [5, 5.41) is 11.3. The fourth-order valence-electron chi connectivity index (χ4n) is 1.96. The Labute approximate surface area is 137 Å². The largest absolute Gasteiger partial charge is 0.338 e. The minimum atomic E-state index is 0.531. The van der Waals surface area contributed by atoms with Crippen LogP contribution in [0.4, 0.5) is 23.1 Å². The van der Waals surface area contributed by atoms with Crippen LogP contribution in [0.25, 0.3) is 0 Å². The molecule has 3 aromatic rings. The molecule has 5 nitrogen and oxygen atoms in total. The predicted octanol–water partition coefficient (Wildman–Crippen LogP) is 4.15. The van der Waals surface area contributed by atoms with E-state index in [1.807, 2.05) is 66.5 Å². The van der Waals surface area contributed by atoms with Crippen LogP contribution < -0.4 is 10.2 Å². The van der Waals surface area contributed by atoms with Gasteiger partial charge < -0.3 is 10.2 Å². The van der Waals surface area contributed by atoms with Crippen molar-refractivity contribution >= 4 is 39.1 Å². The van der Waals surface area contributed by atoms with Crippen molar-refractivity contribution in [3.05, 3.63) is 65.3 Å². The third kappa shape index (κ3) is 3.23. The molecule has 1 aromatic heterocycles. The van der Waals surface area contributed by atoms with Gasteiger partial charge >= 0.3 is 0 Å². The van der Waals surface area contributed by atoms with Gasteiger partial charge in [0.25, 0.3) is 5.95 Å². The highest BCUT2D eigenvalue weighted by Gasteiger charge is 2.09. The summed E-state index contributed by atoms with van der Waals surface area (Å²) in [7, 11) is 1.91. The van der Waals surface area contributed by atoms with Gasteiger partial charge in [0, 0.05) is 17.2 Å². The SMILES string of the molecule is CN(c1ccccc1)c1nncc(Nc2ccccc2Br)n1. The maximum absolute atomic E-state index is 4.51. The second kappa shape index (κ2) is 6.53. The van der Waals surface area contributed by atoms with E-state index in [4.69, 9.17) is 0 Å². The lowest BCUT2D eigenvalue weighted by atomic mass is 10.3. The van der Waals surface area contributed by atoms with Crippen molar-refractivity contribution in [3.8, 4) is 0 Å². The van der Waals surface area contributed by atoms with Gasteiger partial charge in [-0.3, -0.25) is 0 Å². The topological polar surface area (TPSA) is 53.9 Å². The quantitative estimate of drug-likeness (QED) is 0.761. The van der Waals surface area contributed by atoms with E-state index >= 15 is 0 Å². The van der Waals surface area contributed by atoms with Gasteiger partial charge in [-0.15, -0.1) is 5.10 Å². The number of rotatable bonds is 4. The fourth-order valence-corrected chi connectivity index (χ4v) is 2.35. The molecule has 0 atom stereocenters. The number of para-hydroxylation sites is 2. The summed E-state index contributed by atoms with van der Waals surface area (Å²) in [6.45, 7) is 0. The Morgan fingerprint density at radius 2 is 1.73 bits per heavy atom. The smallest absolute Gasteiger partial charge is 0.251 e. The summed E-state index contributed by atoms with van der Waals surface area (Å²) in [5.41, 5.74) is 1.93. The molecular weight excluding hydrogens is 342 g/mol. The minimum Gasteiger partial charge on any atom is -0.338 e. The Balaban J connectivity index is 1.85. The van der Waals surface area contributed by atoms with Gasteiger partial charge in [-0.25, -0.2) is 0 Å². The molecule has 0 saturated heterocycles. The Morgan fingerprint density at radius 1 is 1.00 bits per heavy atom. The molecule has 22 heavy (non-hydrogen) atoms. The van der Waals surface area contributed by atoms with Crippen LogP contribution in [-0.2, 0) is 0 Å². The summed E-state index contributed by atoms with van der Waals surface area (Å²) in [5.74, 6) is 1.17. The molecule has 0 aliphatic heterocycles. The second-order valence-corrected chi connectivity index (χ2v) is 5.50. The zero-order chi connectivity index (χ0) is 15.4. The first-order valence-corrected chi connectivity index (χ1v) is 7.53. The number of halogens is 1. The highest BCUT2D eigenvalue weighted by Crippen LogP contribution is 2.25. The van der Waals surface area contributed by atoms with Gasteiger partial charge in [0.1, 0.15) is 0 Å². The lowest BCUT2D eigenvalue weighted by Crippen LogP contribution is -2.14. The fraction of sp³-hybridized carbons (Fsp3) is 0.0625. The Kier molecular flexibility index (Phi) is 4.29. The molecule has 0 bridgehead atoms. The van der Waals surface area contributed by atoms with Crippen molar-refractivity contribution in [3.63, 3.8) is 0 Å². The number of hydrogen-bond acceptors (Lipinski definition) is 5. The van der Waals surface area contributed by atoms with Crippen LogP contribution in [-0.4, -0.2) is 22.2 Å². The molecule has 1 N–H and O–H groups in total. The van der Waals surface area contributed by atoms with Crippen LogP contribution in [0.1, 0.15) is 0 Å². The standard InChI is InChI=1S/C16H14BrN5/c1-22(12-7-3-2-4-8-12)16-20-15(11-18-21-16)19-14-10-6-5-9-13(14)17/h2-11H,1H3,(H,19,20,21). The van der Waals surface area contributed by atoms with E-state index in [0.29, 0.717) is 11.8 Å². The Bertz CT molecular complexity index is 763. The van der Waals surface area contributed by atoms with Crippen LogP contribution in [0.3, 0.4) is 0 Å². The molecule has 0 aliphatic rings. The zero-order valence-corrected chi connectivity index (χ0v) is 13.5. The monoisotopic (exact) mass is 355 g/mol. The van der Waals surface area contributed by atoms with Crippen LogP contribution >= 0.6 is 15.9 Å². The first-order chi connectivity index (χ1) is 10.7. The first-order valence-electron chi connectivity index (χ1n) is 6.74. The molecule has 0 aliphatic carbocycles. The van der Waals surface area contributed by atoms with Crippen molar-refractivity contribution in [2.75, 3.05) is 17.3 Å². The van der Waals surface area contributed by atoms with Crippen LogP contribution in [0.5, 0.6) is 0 Å². The summed E-state index contributed by atoms with van der Waals surface area (Å²) >= 11 is 3.50. The van der Waals surface area contributed by atoms with Gasteiger partial charge in [-0.1, -0.05) is 30.3 Å². The summed E-state index contributed by atoms with van der Waals surface area (Å²) in [6, 6.07) is 17.8.